The number of ether oxygens (including phenoxy) is 3. The van der Waals surface area contributed by atoms with Crippen LogP contribution in [0.2, 0.25) is 0 Å². The van der Waals surface area contributed by atoms with Gasteiger partial charge in [-0.2, -0.15) is 0 Å². The van der Waals surface area contributed by atoms with Crippen LogP contribution in [0.4, 0.5) is 0 Å². The van der Waals surface area contributed by atoms with Gasteiger partial charge in [0.25, 0.3) is 0 Å². The Kier molecular flexibility index (Phi) is 7.94. The van der Waals surface area contributed by atoms with E-state index >= 15 is 0 Å². The van der Waals surface area contributed by atoms with Gasteiger partial charge < -0.3 is 14.2 Å². The summed E-state index contributed by atoms with van der Waals surface area (Å²) in [6, 6.07) is 24.2. The van der Waals surface area contributed by atoms with E-state index in [1.54, 1.807) is 0 Å². The quantitative estimate of drug-likeness (QED) is 0.307. The molecule has 0 aromatic heterocycles. The molecule has 3 nitrogen and oxygen atoms in total. The number of rotatable bonds is 10. The molecule has 0 saturated carbocycles. The van der Waals surface area contributed by atoms with Gasteiger partial charge in [0.15, 0.2) is 0 Å². The summed E-state index contributed by atoms with van der Waals surface area (Å²) in [6.45, 7) is 8.32. The largest absolute Gasteiger partial charge is 0.494 e. The second-order valence-corrected chi connectivity index (χ2v) is 8.48. The highest BCUT2D eigenvalue weighted by atomic mass is 79.9. The van der Waals surface area contributed by atoms with Crippen LogP contribution in [0, 0.1) is 0 Å². The third-order valence-electron chi connectivity index (χ3n) is 5.28. The van der Waals surface area contributed by atoms with E-state index in [2.05, 4.69) is 48.0 Å². The Morgan fingerprint density at radius 1 is 0.833 bits per heavy atom. The van der Waals surface area contributed by atoms with Gasteiger partial charge >= 0.3 is 0 Å². The first-order valence-electron chi connectivity index (χ1n) is 10.4. The zero-order valence-corrected chi connectivity index (χ0v) is 19.4. The van der Waals surface area contributed by atoms with E-state index in [4.69, 9.17) is 14.2 Å². The molecule has 0 spiro atoms. The molecule has 30 heavy (non-hydrogen) atoms. The molecule has 3 aromatic rings. The molecule has 0 N–H and O–H groups in total. The maximum Gasteiger partial charge on any atom is 0.127 e. The van der Waals surface area contributed by atoms with E-state index in [1.807, 2.05) is 61.5 Å². The molecule has 0 saturated heterocycles. The molecule has 0 aliphatic carbocycles. The molecule has 3 rings (SSSR count). The molecule has 0 radical (unpaired) electrons. The first-order valence-corrected chi connectivity index (χ1v) is 11.1. The lowest BCUT2D eigenvalue weighted by atomic mass is 9.81. The average molecular weight is 469 g/mol. The van der Waals surface area contributed by atoms with Crippen LogP contribution in [0.15, 0.2) is 77.3 Å². The van der Waals surface area contributed by atoms with Gasteiger partial charge in [-0.1, -0.05) is 54.0 Å². The molecule has 0 fully saturated rings. The minimum absolute atomic E-state index is 0.0454. The fraction of sp³-hybridized carbons (Fsp3) is 0.308. The Morgan fingerprint density at radius 2 is 1.53 bits per heavy atom. The fourth-order valence-electron chi connectivity index (χ4n) is 3.24. The van der Waals surface area contributed by atoms with E-state index in [0.29, 0.717) is 19.8 Å². The van der Waals surface area contributed by atoms with E-state index in [-0.39, 0.29) is 5.41 Å². The lowest BCUT2D eigenvalue weighted by Gasteiger charge is -2.29. The van der Waals surface area contributed by atoms with Crippen LogP contribution in [0.1, 0.15) is 38.3 Å². The summed E-state index contributed by atoms with van der Waals surface area (Å²) >= 11 is 3.44. The van der Waals surface area contributed by atoms with Crippen molar-refractivity contribution in [2.45, 2.75) is 39.2 Å². The third-order valence-corrected chi connectivity index (χ3v) is 5.81. The third kappa shape index (κ3) is 6.10. The summed E-state index contributed by atoms with van der Waals surface area (Å²) < 4.78 is 18.7. The van der Waals surface area contributed by atoms with Gasteiger partial charge in [-0.25, -0.2) is 0 Å². The van der Waals surface area contributed by atoms with Crippen molar-refractivity contribution < 1.29 is 14.2 Å². The molecule has 0 aliphatic rings. The molecule has 0 amide bonds. The van der Waals surface area contributed by atoms with Crippen molar-refractivity contribution in [1.82, 2.24) is 0 Å². The lowest BCUT2D eigenvalue weighted by molar-refractivity contribution is 0.0747. The summed E-state index contributed by atoms with van der Waals surface area (Å²) in [7, 11) is 0. The van der Waals surface area contributed by atoms with Crippen molar-refractivity contribution in [3.05, 3.63) is 88.4 Å². The van der Waals surface area contributed by atoms with Gasteiger partial charge in [-0.15, -0.1) is 0 Å². The number of benzene rings is 3. The first-order chi connectivity index (χ1) is 14.5. The predicted molar refractivity (Wildman–Crippen MR) is 126 cm³/mol. The fourth-order valence-corrected chi connectivity index (χ4v) is 3.51. The average Bonchev–Trinajstić information content (AvgIpc) is 2.76. The van der Waals surface area contributed by atoms with Crippen molar-refractivity contribution in [3.63, 3.8) is 0 Å². The summed E-state index contributed by atoms with van der Waals surface area (Å²) in [5.74, 6) is 2.52. The molecule has 1 unspecified atom stereocenters. The monoisotopic (exact) mass is 468 g/mol. The molecule has 4 heteroatoms. The Hall–Kier alpha value is -2.30. The van der Waals surface area contributed by atoms with Crippen LogP contribution in [-0.4, -0.2) is 13.2 Å². The molecule has 0 heterocycles. The smallest absolute Gasteiger partial charge is 0.127 e. The Bertz CT molecular complexity index is 922. The maximum atomic E-state index is 6.14. The zero-order valence-electron chi connectivity index (χ0n) is 17.9. The maximum absolute atomic E-state index is 6.14. The molecular weight excluding hydrogens is 440 g/mol. The Balaban J connectivity index is 1.59. The highest BCUT2D eigenvalue weighted by molar-refractivity contribution is 9.10. The summed E-state index contributed by atoms with van der Waals surface area (Å²) in [5, 5.41) is 0. The van der Waals surface area contributed by atoms with Crippen LogP contribution in [0.3, 0.4) is 0 Å². The topological polar surface area (TPSA) is 27.7 Å². The molecule has 0 aliphatic heterocycles. The minimum atomic E-state index is -0.0454. The number of hydrogen-bond acceptors (Lipinski definition) is 3. The van der Waals surface area contributed by atoms with Crippen molar-refractivity contribution in [3.8, 4) is 17.2 Å². The number of halogens is 1. The van der Waals surface area contributed by atoms with Crippen molar-refractivity contribution in [2.24, 2.45) is 0 Å². The van der Waals surface area contributed by atoms with Gasteiger partial charge in [0.05, 0.1) is 19.8 Å². The van der Waals surface area contributed by atoms with Gasteiger partial charge in [-0.3, -0.25) is 0 Å². The minimum Gasteiger partial charge on any atom is -0.494 e. The molecular formula is C26H29BrO3. The molecule has 158 valence electrons. The molecule has 0 bridgehead atoms. The van der Waals surface area contributed by atoms with Gasteiger partial charge in [0.2, 0.25) is 0 Å². The predicted octanol–water partition coefficient (Wildman–Crippen LogP) is 7.52. The van der Waals surface area contributed by atoms with Crippen LogP contribution >= 0.6 is 15.9 Å². The number of hydrogen-bond donors (Lipinski definition) is 0. The van der Waals surface area contributed by atoms with Crippen LogP contribution in [-0.2, 0) is 16.8 Å². The second kappa shape index (κ2) is 10.6. The van der Waals surface area contributed by atoms with Gasteiger partial charge in [0.1, 0.15) is 17.2 Å². The van der Waals surface area contributed by atoms with Gasteiger partial charge in [0, 0.05) is 9.89 Å². The van der Waals surface area contributed by atoms with Gasteiger partial charge in [-0.05, 0) is 73.0 Å². The van der Waals surface area contributed by atoms with Crippen molar-refractivity contribution in [1.29, 1.82) is 0 Å². The van der Waals surface area contributed by atoms with E-state index in [1.165, 1.54) is 5.56 Å². The molecule has 1 atom stereocenters. The molecule has 3 aromatic carbocycles. The van der Waals surface area contributed by atoms with E-state index in [0.717, 1.165) is 33.7 Å². The Labute approximate surface area is 188 Å². The normalized spacial score (nSPS) is 12.9. The van der Waals surface area contributed by atoms with E-state index < -0.39 is 0 Å². The standard InChI is InChI=1S/C26H29BrO3/c1-4-26(3,21-9-13-23(14-10-21)29-5-2)19-28-18-20-7-6-8-25(17-20)30-24-15-11-22(27)12-16-24/h6-17H,4-5,18-19H2,1-3H3. The van der Waals surface area contributed by atoms with Crippen molar-refractivity contribution in [2.75, 3.05) is 13.2 Å². The highest BCUT2D eigenvalue weighted by Gasteiger charge is 2.25. The SMILES string of the molecule is CCOc1ccc(C(C)(CC)COCc2cccc(Oc3ccc(Br)cc3)c2)cc1. The Morgan fingerprint density at radius 3 is 2.20 bits per heavy atom. The summed E-state index contributed by atoms with van der Waals surface area (Å²) in [4.78, 5) is 0. The lowest BCUT2D eigenvalue weighted by Crippen LogP contribution is -2.27. The first kappa shape index (κ1) is 22.4. The van der Waals surface area contributed by atoms with Crippen molar-refractivity contribution >= 4 is 15.9 Å². The highest BCUT2D eigenvalue weighted by Crippen LogP contribution is 2.30. The van der Waals surface area contributed by atoms with Crippen LogP contribution in [0.25, 0.3) is 0 Å². The van der Waals surface area contributed by atoms with Crippen LogP contribution in [0.5, 0.6) is 17.2 Å². The summed E-state index contributed by atoms with van der Waals surface area (Å²) in [5.41, 5.74) is 2.31. The van der Waals surface area contributed by atoms with E-state index in [9.17, 15) is 0 Å². The van der Waals surface area contributed by atoms with Crippen LogP contribution < -0.4 is 9.47 Å². The zero-order chi connectivity index (χ0) is 21.4. The summed E-state index contributed by atoms with van der Waals surface area (Å²) in [6.07, 6.45) is 0.994. The second-order valence-electron chi connectivity index (χ2n) is 7.57.